The lowest BCUT2D eigenvalue weighted by Gasteiger charge is -2.32. The molecule has 0 aliphatic carbocycles. The van der Waals surface area contributed by atoms with Crippen molar-refractivity contribution in [2.24, 2.45) is 0 Å². The molecule has 0 saturated carbocycles. The standard InChI is InChI=1S/C13H17BN4O2/c1-12(2)13(3,4)20-14(19-12)11-9-18(17-16-11)10-5-7-15-8-6-10/h5-9H,1-4H3. The molecule has 3 rings (SSSR count). The molecule has 0 radical (unpaired) electrons. The Labute approximate surface area is 118 Å². The predicted molar refractivity (Wildman–Crippen MR) is 74.9 cm³/mol. The summed E-state index contributed by atoms with van der Waals surface area (Å²) in [6, 6.07) is 3.73. The van der Waals surface area contributed by atoms with Crippen molar-refractivity contribution in [1.29, 1.82) is 0 Å². The molecule has 1 saturated heterocycles. The van der Waals surface area contributed by atoms with E-state index in [1.54, 1.807) is 17.1 Å². The van der Waals surface area contributed by atoms with Gasteiger partial charge in [-0.2, -0.15) is 0 Å². The molecule has 20 heavy (non-hydrogen) atoms. The maximum Gasteiger partial charge on any atom is 0.518 e. The first-order valence-electron chi connectivity index (χ1n) is 6.57. The van der Waals surface area contributed by atoms with E-state index in [-0.39, 0.29) is 11.2 Å². The average Bonchev–Trinajstić information content (AvgIpc) is 2.94. The highest BCUT2D eigenvalue weighted by Gasteiger charge is 2.52. The van der Waals surface area contributed by atoms with E-state index in [4.69, 9.17) is 9.31 Å². The summed E-state index contributed by atoms with van der Waals surface area (Å²) in [5.74, 6) is 0. The van der Waals surface area contributed by atoms with Crippen LogP contribution in [0.4, 0.5) is 0 Å². The molecule has 0 amide bonds. The van der Waals surface area contributed by atoms with Crippen LogP contribution >= 0.6 is 0 Å². The zero-order valence-corrected chi connectivity index (χ0v) is 12.1. The molecular weight excluding hydrogens is 255 g/mol. The number of hydrogen-bond donors (Lipinski definition) is 0. The van der Waals surface area contributed by atoms with Crippen molar-refractivity contribution >= 4 is 12.7 Å². The molecule has 0 bridgehead atoms. The van der Waals surface area contributed by atoms with Crippen LogP contribution in [0.15, 0.2) is 30.7 Å². The van der Waals surface area contributed by atoms with Gasteiger partial charge in [-0.1, -0.05) is 5.21 Å². The van der Waals surface area contributed by atoms with Crippen LogP contribution in [-0.4, -0.2) is 38.3 Å². The number of pyridine rings is 1. The third kappa shape index (κ3) is 2.12. The minimum Gasteiger partial charge on any atom is -0.398 e. The van der Waals surface area contributed by atoms with Gasteiger partial charge in [0.1, 0.15) is 5.59 Å². The lowest BCUT2D eigenvalue weighted by molar-refractivity contribution is 0.00578. The molecule has 104 valence electrons. The molecule has 1 aliphatic rings. The Morgan fingerprint density at radius 1 is 1.05 bits per heavy atom. The van der Waals surface area contributed by atoms with E-state index in [0.717, 1.165) is 5.69 Å². The Balaban J connectivity index is 1.86. The third-order valence-electron chi connectivity index (χ3n) is 3.93. The van der Waals surface area contributed by atoms with Crippen LogP contribution < -0.4 is 5.59 Å². The molecule has 0 aromatic carbocycles. The van der Waals surface area contributed by atoms with E-state index in [1.807, 2.05) is 46.0 Å². The van der Waals surface area contributed by atoms with E-state index in [0.29, 0.717) is 5.59 Å². The van der Waals surface area contributed by atoms with Crippen LogP contribution in [0.5, 0.6) is 0 Å². The minimum absolute atomic E-state index is 0.377. The van der Waals surface area contributed by atoms with E-state index >= 15 is 0 Å². The number of nitrogens with zero attached hydrogens (tertiary/aromatic N) is 4. The van der Waals surface area contributed by atoms with Crippen LogP contribution in [0, 0.1) is 0 Å². The molecule has 2 aromatic heterocycles. The van der Waals surface area contributed by atoms with E-state index in [9.17, 15) is 0 Å². The maximum atomic E-state index is 5.95. The van der Waals surface area contributed by atoms with Gasteiger partial charge < -0.3 is 9.31 Å². The molecule has 0 N–H and O–H groups in total. The lowest BCUT2D eigenvalue weighted by atomic mass is 9.86. The topological polar surface area (TPSA) is 62.1 Å². The van der Waals surface area contributed by atoms with Crippen molar-refractivity contribution in [3.8, 4) is 5.69 Å². The number of aromatic nitrogens is 4. The molecule has 0 unspecified atom stereocenters. The molecule has 1 fully saturated rings. The summed E-state index contributed by atoms with van der Waals surface area (Å²) in [4.78, 5) is 3.98. The lowest BCUT2D eigenvalue weighted by Crippen LogP contribution is -2.41. The van der Waals surface area contributed by atoms with E-state index in [1.165, 1.54) is 0 Å². The van der Waals surface area contributed by atoms with Gasteiger partial charge in [-0.15, -0.1) is 5.10 Å². The minimum atomic E-state index is -0.490. The molecule has 2 aromatic rings. The zero-order valence-electron chi connectivity index (χ0n) is 12.1. The van der Waals surface area contributed by atoms with Gasteiger partial charge in [0, 0.05) is 12.4 Å². The van der Waals surface area contributed by atoms with Gasteiger partial charge in [-0.25, -0.2) is 4.68 Å². The summed E-state index contributed by atoms with van der Waals surface area (Å²) in [5, 5.41) is 8.25. The van der Waals surface area contributed by atoms with Crippen molar-refractivity contribution in [3.05, 3.63) is 30.7 Å². The second kappa shape index (κ2) is 4.39. The Morgan fingerprint density at radius 3 is 2.25 bits per heavy atom. The van der Waals surface area contributed by atoms with Crippen LogP contribution in [0.25, 0.3) is 5.69 Å². The van der Waals surface area contributed by atoms with Gasteiger partial charge in [0.2, 0.25) is 0 Å². The Kier molecular flexibility index (Phi) is 2.91. The first-order valence-corrected chi connectivity index (χ1v) is 6.57. The number of hydrogen-bond acceptors (Lipinski definition) is 5. The molecule has 0 spiro atoms. The monoisotopic (exact) mass is 272 g/mol. The summed E-state index contributed by atoms with van der Waals surface area (Å²) in [5.41, 5.74) is 0.812. The molecule has 3 heterocycles. The first-order chi connectivity index (χ1) is 9.39. The van der Waals surface area contributed by atoms with Gasteiger partial charge in [0.05, 0.1) is 23.1 Å². The summed E-state index contributed by atoms with van der Waals surface area (Å²) in [6.07, 6.45) is 5.24. The van der Waals surface area contributed by atoms with E-state index in [2.05, 4.69) is 15.3 Å². The van der Waals surface area contributed by atoms with Crippen LogP contribution in [0.1, 0.15) is 27.7 Å². The predicted octanol–water partition coefficient (Wildman–Crippen LogP) is 0.961. The fourth-order valence-electron chi connectivity index (χ4n) is 1.97. The van der Waals surface area contributed by atoms with Crippen molar-refractivity contribution in [2.75, 3.05) is 0 Å². The maximum absolute atomic E-state index is 5.95. The fraction of sp³-hybridized carbons (Fsp3) is 0.462. The summed E-state index contributed by atoms with van der Waals surface area (Å²) in [6.45, 7) is 8.06. The van der Waals surface area contributed by atoms with Crippen molar-refractivity contribution in [2.45, 2.75) is 38.9 Å². The van der Waals surface area contributed by atoms with Gasteiger partial charge >= 0.3 is 7.12 Å². The zero-order chi connectivity index (χ0) is 14.4. The van der Waals surface area contributed by atoms with Crippen molar-refractivity contribution < 1.29 is 9.31 Å². The third-order valence-corrected chi connectivity index (χ3v) is 3.93. The SMILES string of the molecule is CC1(C)OB(c2cn(-c3ccncc3)nn2)OC1(C)C. The van der Waals surface area contributed by atoms with Gasteiger partial charge in [-0.3, -0.25) is 4.98 Å². The van der Waals surface area contributed by atoms with Gasteiger partial charge in [-0.05, 0) is 39.8 Å². The highest BCUT2D eigenvalue weighted by atomic mass is 16.7. The second-order valence-electron chi connectivity index (χ2n) is 5.88. The summed E-state index contributed by atoms with van der Waals surface area (Å²) in [7, 11) is -0.490. The van der Waals surface area contributed by atoms with E-state index < -0.39 is 7.12 Å². The Hall–Kier alpha value is -1.73. The Bertz CT molecular complexity index is 596. The molecule has 6 nitrogen and oxygen atoms in total. The smallest absolute Gasteiger partial charge is 0.398 e. The van der Waals surface area contributed by atoms with Crippen LogP contribution in [0.3, 0.4) is 0 Å². The molecular formula is C13H17BN4O2. The Morgan fingerprint density at radius 2 is 1.65 bits per heavy atom. The normalized spacial score (nSPS) is 20.3. The fourth-order valence-corrected chi connectivity index (χ4v) is 1.97. The number of rotatable bonds is 2. The molecule has 0 atom stereocenters. The second-order valence-corrected chi connectivity index (χ2v) is 5.88. The molecule has 1 aliphatic heterocycles. The van der Waals surface area contributed by atoms with Crippen molar-refractivity contribution in [3.63, 3.8) is 0 Å². The highest BCUT2D eigenvalue weighted by Crippen LogP contribution is 2.36. The average molecular weight is 272 g/mol. The highest BCUT2D eigenvalue weighted by molar-refractivity contribution is 6.61. The molecule has 7 heteroatoms. The summed E-state index contributed by atoms with van der Waals surface area (Å²) < 4.78 is 13.6. The van der Waals surface area contributed by atoms with Crippen LogP contribution in [0.2, 0.25) is 0 Å². The van der Waals surface area contributed by atoms with Gasteiger partial charge in [0.25, 0.3) is 0 Å². The summed E-state index contributed by atoms with van der Waals surface area (Å²) >= 11 is 0. The van der Waals surface area contributed by atoms with Gasteiger partial charge in [0.15, 0.2) is 0 Å². The quantitative estimate of drug-likeness (QED) is 0.762. The van der Waals surface area contributed by atoms with Crippen molar-refractivity contribution in [1.82, 2.24) is 20.0 Å². The first kappa shape index (κ1) is 13.3. The van der Waals surface area contributed by atoms with Crippen LogP contribution in [-0.2, 0) is 9.31 Å². The largest absolute Gasteiger partial charge is 0.518 e.